The largest absolute Gasteiger partial charge is 0.342 e. The number of amides is 4. The average molecular weight is 458 g/mol. The summed E-state index contributed by atoms with van der Waals surface area (Å²) < 4.78 is 1.97. The molecule has 1 N–H and O–H groups in total. The van der Waals surface area contributed by atoms with Crippen molar-refractivity contribution in [3.05, 3.63) is 81.5 Å². The zero-order valence-electron chi connectivity index (χ0n) is 18.3. The number of hydrogen-bond donors (Lipinski definition) is 1. The Balaban J connectivity index is 1.51. The van der Waals surface area contributed by atoms with Crippen molar-refractivity contribution in [2.45, 2.75) is 38.3 Å². The van der Waals surface area contributed by atoms with Gasteiger partial charge in [-0.15, -0.1) is 0 Å². The third-order valence-corrected chi connectivity index (χ3v) is 6.44. The summed E-state index contributed by atoms with van der Waals surface area (Å²) in [6, 6.07) is 13.1. The Hall–Kier alpha value is -4.27. The third kappa shape index (κ3) is 3.85. The van der Waals surface area contributed by atoms with E-state index in [1.165, 1.54) is 17.0 Å². The van der Waals surface area contributed by atoms with Crippen molar-refractivity contribution in [3.63, 3.8) is 0 Å². The molecule has 1 aromatic heterocycles. The van der Waals surface area contributed by atoms with Crippen LogP contribution in [0, 0.1) is 10.1 Å². The predicted molar refractivity (Wildman–Crippen MR) is 125 cm³/mol. The van der Waals surface area contributed by atoms with Gasteiger partial charge in [-0.05, 0) is 30.5 Å². The molecule has 2 fully saturated rings. The lowest BCUT2D eigenvalue weighted by atomic mass is 10.0. The van der Waals surface area contributed by atoms with Crippen LogP contribution in [0.15, 0.2) is 60.3 Å². The van der Waals surface area contributed by atoms with Crippen molar-refractivity contribution >= 4 is 40.5 Å². The number of aromatic nitrogens is 1. The highest BCUT2D eigenvalue weighted by Gasteiger charge is 2.40. The van der Waals surface area contributed by atoms with Gasteiger partial charge in [0.1, 0.15) is 5.57 Å². The molecule has 1 aliphatic carbocycles. The molecule has 1 saturated carbocycles. The molecule has 0 unspecified atom stereocenters. The van der Waals surface area contributed by atoms with Crippen LogP contribution in [-0.2, 0) is 16.1 Å². The second-order valence-electron chi connectivity index (χ2n) is 8.58. The number of benzene rings is 2. The third-order valence-electron chi connectivity index (χ3n) is 6.44. The van der Waals surface area contributed by atoms with E-state index in [1.54, 1.807) is 18.2 Å². The lowest BCUT2D eigenvalue weighted by Gasteiger charge is -2.31. The van der Waals surface area contributed by atoms with Crippen LogP contribution in [0.4, 0.5) is 10.5 Å². The molecule has 0 spiro atoms. The molecule has 9 nitrogen and oxygen atoms in total. The van der Waals surface area contributed by atoms with Gasteiger partial charge in [-0.2, -0.15) is 0 Å². The van der Waals surface area contributed by atoms with Crippen LogP contribution in [0.3, 0.4) is 0 Å². The molecule has 2 heterocycles. The number of imide groups is 2. The van der Waals surface area contributed by atoms with Crippen molar-refractivity contribution in [1.29, 1.82) is 0 Å². The van der Waals surface area contributed by atoms with Crippen LogP contribution >= 0.6 is 0 Å². The lowest BCUT2D eigenvalue weighted by molar-refractivity contribution is -0.384. The van der Waals surface area contributed by atoms with Crippen LogP contribution in [-0.4, -0.2) is 38.3 Å². The predicted octanol–water partition coefficient (Wildman–Crippen LogP) is 4.00. The molecule has 0 bridgehead atoms. The number of hydrogen-bond acceptors (Lipinski definition) is 5. The minimum absolute atomic E-state index is 0.0229. The summed E-state index contributed by atoms with van der Waals surface area (Å²) in [5.74, 6) is -1.26. The Morgan fingerprint density at radius 2 is 1.74 bits per heavy atom. The summed E-state index contributed by atoms with van der Waals surface area (Å²) in [6.07, 6.45) is 6.77. The number of carbonyl (C=O) groups is 3. The number of carbonyl (C=O) groups excluding carboxylic acids is 3. The number of barbiturate groups is 1. The van der Waals surface area contributed by atoms with E-state index < -0.39 is 22.8 Å². The Labute approximate surface area is 194 Å². The van der Waals surface area contributed by atoms with Crippen molar-refractivity contribution < 1.29 is 19.3 Å². The maximum Gasteiger partial charge on any atom is 0.331 e. The normalized spacial score (nSPS) is 18.2. The minimum atomic E-state index is -0.698. The topological polar surface area (TPSA) is 115 Å². The first kappa shape index (κ1) is 21.6. The van der Waals surface area contributed by atoms with Gasteiger partial charge < -0.3 is 4.57 Å². The van der Waals surface area contributed by atoms with E-state index in [0.29, 0.717) is 12.1 Å². The zero-order chi connectivity index (χ0) is 23.8. The molecule has 9 heteroatoms. The first-order chi connectivity index (χ1) is 16.4. The summed E-state index contributed by atoms with van der Waals surface area (Å²) in [6.45, 7) is 0.453. The van der Waals surface area contributed by atoms with E-state index in [0.717, 1.165) is 42.1 Å². The second-order valence-corrected chi connectivity index (χ2v) is 8.58. The van der Waals surface area contributed by atoms with E-state index in [2.05, 4.69) is 5.32 Å². The number of rotatable bonds is 5. The summed E-state index contributed by atoms with van der Waals surface area (Å²) in [4.78, 5) is 49.8. The summed E-state index contributed by atoms with van der Waals surface area (Å²) >= 11 is 0. The summed E-state index contributed by atoms with van der Waals surface area (Å²) in [5.41, 5.74) is 2.39. The Bertz CT molecular complexity index is 1350. The van der Waals surface area contributed by atoms with E-state index in [-0.39, 0.29) is 17.3 Å². The SMILES string of the molecule is O=C1NC(=O)N(C2CCCC2)C(=O)/C1=C/c1cn(Cc2ccc([N+](=O)[O-])cc2)c2ccccc12. The maximum atomic E-state index is 13.2. The first-order valence-corrected chi connectivity index (χ1v) is 11.1. The van der Waals surface area contributed by atoms with Gasteiger partial charge in [-0.3, -0.25) is 29.9 Å². The molecular formula is C25H22N4O5. The highest BCUT2D eigenvalue weighted by Crippen LogP contribution is 2.29. The second kappa shape index (κ2) is 8.58. The summed E-state index contributed by atoms with van der Waals surface area (Å²) in [7, 11) is 0. The molecule has 1 aliphatic heterocycles. The highest BCUT2D eigenvalue weighted by molar-refractivity contribution is 6.31. The number of fused-ring (bicyclic) bond motifs is 1. The average Bonchev–Trinajstić information content (AvgIpc) is 3.46. The fraction of sp³-hybridized carbons (Fsp3) is 0.240. The van der Waals surface area contributed by atoms with Gasteiger partial charge >= 0.3 is 6.03 Å². The molecule has 2 aromatic carbocycles. The lowest BCUT2D eigenvalue weighted by Crippen LogP contribution is -2.57. The van der Waals surface area contributed by atoms with Gasteiger partial charge in [0.2, 0.25) is 0 Å². The fourth-order valence-corrected chi connectivity index (χ4v) is 4.76. The molecule has 5 rings (SSSR count). The quantitative estimate of drug-likeness (QED) is 0.269. The Morgan fingerprint density at radius 3 is 2.44 bits per heavy atom. The van der Waals surface area contributed by atoms with E-state index >= 15 is 0 Å². The Morgan fingerprint density at radius 1 is 1.03 bits per heavy atom. The van der Waals surface area contributed by atoms with Crippen LogP contribution in [0.25, 0.3) is 17.0 Å². The van der Waals surface area contributed by atoms with Crippen LogP contribution in [0.1, 0.15) is 36.8 Å². The minimum Gasteiger partial charge on any atom is -0.342 e. The van der Waals surface area contributed by atoms with Gasteiger partial charge in [-0.1, -0.05) is 43.2 Å². The molecule has 34 heavy (non-hydrogen) atoms. The van der Waals surface area contributed by atoms with Crippen molar-refractivity contribution in [2.75, 3.05) is 0 Å². The number of nitrogens with zero attached hydrogens (tertiary/aromatic N) is 3. The first-order valence-electron chi connectivity index (χ1n) is 11.1. The van der Waals surface area contributed by atoms with Gasteiger partial charge in [0.15, 0.2) is 0 Å². The number of urea groups is 1. The van der Waals surface area contributed by atoms with Crippen molar-refractivity contribution in [1.82, 2.24) is 14.8 Å². The van der Waals surface area contributed by atoms with Crippen LogP contribution < -0.4 is 5.32 Å². The summed E-state index contributed by atoms with van der Waals surface area (Å²) in [5, 5.41) is 14.1. The fourth-order valence-electron chi connectivity index (χ4n) is 4.76. The smallest absolute Gasteiger partial charge is 0.331 e. The number of para-hydroxylation sites is 1. The number of nitro groups is 1. The van der Waals surface area contributed by atoms with Crippen molar-refractivity contribution in [3.8, 4) is 0 Å². The number of non-ortho nitro benzene ring substituents is 1. The van der Waals surface area contributed by atoms with Gasteiger partial charge in [-0.25, -0.2) is 4.79 Å². The molecule has 2 aliphatic rings. The molecular weight excluding hydrogens is 436 g/mol. The maximum absolute atomic E-state index is 13.2. The van der Waals surface area contributed by atoms with E-state index in [1.807, 2.05) is 35.0 Å². The Kier molecular flexibility index (Phi) is 5.45. The number of nitrogens with one attached hydrogen (secondary N) is 1. The van der Waals surface area contributed by atoms with Crippen molar-refractivity contribution in [2.24, 2.45) is 0 Å². The molecule has 1 saturated heterocycles. The van der Waals surface area contributed by atoms with E-state index in [4.69, 9.17) is 0 Å². The van der Waals surface area contributed by atoms with E-state index in [9.17, 15) is 24.5 Å². The van der Waals surface area contributed by atoms with Crippen LogP contribution in [0.5, 0.6) is 0 Å². The zero-order valence-corrected chi connectivity index (χ0v) is 18.3. The van der Waals surface area contributed by atoms with Gasteiger partial charge in [0.25, 0.3) is 17.5 Å². The van der Waals surface area contributed by atoms with Gasteiger partial charge in [0, 0.05) is 47.4 Å². The molecule has 4 amide bonds. The highest BCUT2D eigenvalue weighted by atomic mass is 16.6. The molecule has 3 aromatic rings. The van der Waals surface area contributed by atoms with Gasteiger partial charge in [0.05, 0.1) is 4.92 Å². The standard InChI is InChI=1S/C25H22N4O5/c30-23-21(24(31)28(25(32)26-23)18-5-1-2-6-18)13-17-15-27(22-8-4-3-7-20(17)22)14-16-9-11-19(12-10-16)29(33)34/h3-4,7-13,15,18H,1-2,5-6,14H2,(H,26,30,32)/b21-13+. The molecule has 0 atom stereocenters. The molecule has 0 radical (unpaired) electrons. The molecule has 172 valence electrons. The monoisotopic (exact) mass is 458 g/mol. The number of nitro benzene ring substituents is 1. The van der Waals surface area contributed by atoms with Crippen LogP contribution in [0.2, 0.25) is 0 Å².